The maximum absolute atomic E-state index is 12.2. The topological polar surface area (TPSA) is 123 Å². The minimum atomic E-state index is -0.302. The van der Waals surface area contributed by atoms with Crippen LogP contribution in [-0.4, -0.2) is 57.2 Å². The van der Waals surface area contributed by atoms with Gasteiger partial charge >= 0.3 is 6.09 Å². The van der Waals surface area contributed by atoms with E-state index in [4.69, 9.17) is 14.2 Å². The molecule has 1 aliphatic heterocycles. The third kappa shape index (κ3) is 5.15. The number of hydrogen-bond acceptors (Lipinski definition) is 8. The number of carbonyl (C=O) groups is 1. The van der Waals surface area contributed by atoms with Crippen molar-refractivity contribution in [3.63, 3.8) is 0 Å². The standard InChI is InChI=1S/C26H32N6O4/c1-26(7-8-26)30-25(33)36-18-3-2-16(12-18)21-13-22(32-31-21)29-24-23-20(5-10-28-24)17(4-9-27-23)14-35-19-6-11-34-15-19/h4-5,9-10,13,16,18-19H,2-3,6-8,11-12,14-15H2,1H3,(H,30,33)(H2,28,29,31,32). The van der Waals surface area contributed by atoms with Crippen molar-refractivity contribution in [1.29, 1.82) is 0 Å². The quantitative estimate of drug-likeness (QED) is 0.425. The number of H-pyrrole nitrogens is 1. The fourth-order valence-corrected chi connectivity index (χ4v) is 5.01. The van der Waals surface area contributed by atoms with E-state index in [2.05, 4.69) is 30.8 Å². The van der Waals surface area contributed by atoms with Gasteiger partial charge in [0.1, 0.15) is 11.6 Å². The Balaban J connectivity index is 1.09. The molecular weight excluding hydrogens is 460 g/mol. The summed E-state index contributed by atoms with van der Waals surface area (Å²) >= 11 is 0. The first-order valence-corrected chi connectivity index (χ1v) is 12.8. The average molecular weight is 493 g/mol. The molecule has 3 atom stereocenters. The summed E-state index contributed by atoms with van der Waals surface area (Å²) in [5.74, 6) is 1.60. The van der Waals surface area contributed by atoms with Gasteiger partial charge in [0.15, 0.2) is 11.6 Å². The highest BCUT2D eigenvalue weighted by Gasteiger charge is 2.40. The van der Waals surface area contributed by atoms with Crippen LogP contribution in [-0.2, 0) is 20.8 Å². The van der Waals surface area contributed by atoms with Crippen LogP contribution >= 0.6 is 0 Å². The number of aromatic nitrogens is 4. The summed E-state index contributed by atoms with van der Waals surface area (Å²) in [5, 5.41) is 14.9. The number of aromatic amines is 1. The molecule has 3 N–H and O–H groups in total. The molecule has 2 saturated carbocycles. The van der Waals surface area contributed by atoms with Crippen LogP contribution in [0.4, 0.5) is 16.4 Å². The van der Waals surface area contributed by atoms with E-state index >= 15 is 0 Å². The highest BCUT2D eigenvalue weighted by Crippen LogP contribution is 2.38. The summed E-state index contributed by atoms with van der Waals surface area (Å²) in [6.45, 7) is 3.96. The molecule has 10 nitrogen and oxygen atoms in total. The Morgan fingerprint density at radius 1 is 1.19 bits per heavy atom. The Labute approximate surface area is 209 Å². The van der Waals surface area contributed by atoms with Crippen LogP contribution in [0.2, 0.25) is 0 Å². The van der Waals surface area contributed by atoms with Crippen LogP contribution in [0.15, 0.2) is 30.6 Å². The Hall–Kier alpha value is -3.24. The maximum atomic E-state index is 12.2. The minimum absolute atomic E-state index is 0.0672. The van der Waals surface area contributed by atoms with E-state index in [1.807, 2.05) is 25.1 Å². The summed E-state index contributed by atoms with van der Waals surface area (Å²) in [7, 11) is 0. The molecule has 0 radical (unpaired) electrons. The summed E-state index contributed by atoms with van der Waals surface area (Å²) < 4.78 is 17.1. The fraction of sp³-hybridized carbons (Fsp3) is 0.538. The molecule has 3 aromatic heterocycles. The summed E-state index contributed by atoms with van der Waals surface area (Å²) in [4.78, 5) is 21.2. The van der Waals surface area contributed by atoms with Crippen LogP contribution in [0.5, 0.6) is 0 Å². The molecule has 36 heavy (non-hydrogen) atoms. The Kier molecular flexibility index (Phi) is 6.22. The zero-order valence-corrected chi connectivity index (χ0v) is 20.5. The second kappa shape index (κ2) is 9.67. The number of carbonyl (C=O) groups excluding carboxylic acids is 1. The second-order valence-electron chi connectivity index (χ2n) is 10.4. The first-order chi connectivity index (χ1) is 17.5. The van der Waals surface area contributed by atoms with Gasteiger partial charge < -0.3 is 24.8 Å². The summed E-state index contributed by atoms with van der Waals surface area (Å²) in [5.41, 5.74) is 2.80. The number of nitrogens with one attached hydrogen (secondary N) is 3. The van der Waals surface area contributed by atoms with Crippen LogP contribution < -0.4 is 10.6 Å². The van der Waals surface area contributed by atoms with Gasteiger partial charge in [-0.1, -0.05) is 0 Å². The lowest BCUT2D eigenvalue weighted by Crippen LogP contribution is -2.36. The van der Waals surface area contributed by atoms with Gasteiger partial charge in [0.2, 0.25) is 0 Å². The van der Waals surface area contributed by atoms with Crippen molar-refractivity contribution < 1.29 is 19.0 Å². The molecule has 190 valence electrons. The van der Waals surface area contributed by atoms with Gasteiger partial charge in [0.25, 0.3) is 0 Å². The molecule has 3 aromatic rings. The van der Waals surface area contributed by atoms with E-state index in [1.165, 1.54) is 0 Å². The van der Waals surface area contributed by atoms with Gasteiger partial charge in [-0.05, 0) is 63.1 Å². The lowest BCUT2D eigenvalue weighted by atomic mass is 10.0. The molecule has 3 fully saturated rings. The van der Waals surface area contributed by atoms with E-state index in [-0.39, 0.29) is 29.8 Å². The van der Waals surface area contributed by atoms with Gasteiger partial charge in [-0.15, -0.1) is 0 Å². The number of rotatable bonds is 8. The smallest absolute Gasteiger partial charge is 0.407 e. The molecule has 6 rings (SSSR count). The van der Waals surface area contributed by atoms with Crippen molar-refractivity contribution in [2.45, 2.75) is 75.7 Å². The molecule has 3 unspecified atom stereocenters. The van der Waals surface area contributed by atoms with Crippen molar-refractivity contribution >= 4 is 28.6 Å². The SMILES string of the molecule is CC1(NC(=O)OC2CCC(c3cc(Nc4nccc5c(COC6CCOC6)ccnc45)n[nH]3)C2)CC1. The van der Waals surface area contributed by atoms with E-state index in [0.717, 1.165) is 67.3 Å². The molecule has 3 aliphatic rings. The van der Waals surface area contributed by atoms with Crippen LogP contribution in [0.1, 0.15) is 62.6 Å². The van der Waals surface area contributed by atoms with Gasteiger partial charge in [0, 0.05) is 47.6 Å². The van der Waals surface area contributed by atoms with Gasteiger partial charge in [-0.2, -0.15) is 5.10 Å². The molecule has 0 spiro atoms. The molecule has 4 heterocycles. The van der Waals surface area contributed by atoms with Crippen LogP contribution in [0, 0.1) is 0 Å². The Morgan fingerprint density at radius 3 is 2.92 bits per heavy atom. The van der Waals surface area contributed by atoms with Gasteiger partial charge in [-0.25, -0.2) is 9.78 Å². The first-order valence-electron chi connectivity index (χ1n) is 12.8. The molecule has 0 bridgehead atoms. The Bertz CT molecular complexity index is 1240. The van der Waals surface area contributed by atoms with Crippen molar-refractivity contribution in [1.82, 2.24) is 25.5 Å². The molecular formula is C26H32N6O4. The molecule has 0 aromatic carbocycles. The third-order valence-corrected chi connectivity index (χ3v) is 7.46. The number of pyridine rings is 2. The number of alkyl carbamates (subject to hydrolysis) is 1. The highest BCUT2D eigenvalue weighted by molar-refractivity contribution is 5.91. The van der Waals surface area contributed by atoms with E-state index in [1.54, 1.807) is 12.4 Å². The maximum Gasteiger partial charge on any atom is 0.407 e. The lowest BCUT2D eigenvalue weighted by molar-refractivity contribution is 0.0323. The minimum Gasteiger partial charge on any atom is -0.446 e. The van der Waals surface area contributed by atoms with Gasteiger partial charge in [0.05, 0.1) is 19.3 Å². The van der Waals surface area contributed by atoms with Gasteiger partial charge in [-0.3, -0.25) is 10.1 Å². The highest BCUT2D eigenvalue weighted by atomic mass is 16.6. The monoisotopic (exact) mass is 492 g/mol. The number of anilines is 2. The zero-order chi connectivity index (χ0) is 24.5. The predicted molar refractivity (Wildman–Crippen MR) is 133 cm³/mol. The fourth-order valence-electron chi connectivity index (χ4n) is 5.01. The van der Waals surface area contributed by atoms with Crippen molar-refractivity contribution in [2.24, 2.45) is 0 Å². The number of fused-ring (bicyclic) bond motifs is 1. The third-order valence-electron chi connectivity index (χ3n) is 7.46. The summed E-state index contributed by atoms with van der Waals surface area (Å²) in [6, 6.07) is 5.95. The predicted octanol–water partition coefficient (Wildman–Crippen LogP) is 4.32. The van der Waals surface area contributed by atoms with Crippen LogP contribution in [0.25, 0.3) is 10.9 Å². The lowest BCUT2D eigenvalue weighted by Gasteiger charge is -2.16. The normalized spacial score (nSPS) is 24.6. The second-order valence-corrected chi connectivity index (χ2v) is 10.4. The number of hydrogen-bond donors (Lipinski definition) is 3. The molecule has 2 aliphatic carbocycles. The number of ether oxygens (including phenoxy) is 3. The molecule has 1 saturated heterocycles. The molecule has 1 amide bonds. The van der Waals surface area contributed by atoms with E-state index < -0.39 is 0 Å². The average Bonchev–Trinajstić information content (AvgIpc) is 3.34. The van der Waals surface area contributed by atoms with Crippen molar-refractivity contribution in [3.05, 3.63) is 41.9 Å². The van der Waals surface area contributed by atoms with Crippen molar-refractivity contribution in [3.8, 4) is 0 Å². The Morgan fingerprint density at radius 2 is 2.08 bits per heavy atom. The van der Waals surface area contributed by atoms with E-state index in [9.17, 15) is 4.79 Å². The largest absolute Gasteiger partial charge is 0.446 e. The van der Waals surface area contributed by atoms with E-state index in [0.29, 0.717) is 24.8 Å². The van der Waals surface area contributed by atoms with Crippen LogP contribution in [0.3, 0.4) is 0 Å². The number of amides is 1. The zero-order valence-electron chi connectivity index (χ0n) is 20.5. The molecule has 10 heteroatoms. The van der Waals surface area contributed by atoms with Crippen molar-refractivity contribution in [2.75, 3.05) is 18.5 Å². The first kappa shape index (κ1) is 23.2. The summed E-state index contributed by atoms with van der Waals surface area (Å²) in [6.07, 6.45) is 8.88. The number of nitrogens with zero attached hydrogens (tertiary/aromatic N) is 3.